The molecular formula is C38H46N2O6. The van der Waals surface area contributed by atoms with Gasteiger partial charge >= 0.3 is 5.97 Å². The van der Waals surface area contributed by atoms with Gasteiger partial charge < -0.3 is 25.0 Å². The van der Waals surface area contributed by atoms with Crippen molar-refractivity contribution in [1.29, 1.82) is 0 Å². The molecule has 0 bridgehead atoms. The fourth-order valence-corrected chi connectivity index (χ4v) is 6.56. The first-order chi connectivity index (χ1) is 22.4. The summed E-state index contributed by atoms with van der Waals surface area (Å²) in [6.45, 7) is 6.03. The van der Waals surface area contributed by atoms with Crippen molar-refractivity contribution in [2.24, 2.45) is 0 Å². The summed E-state index contributed by atoms with van der Waals surface area (Å²) in [6, 6.07) is 24.7. The van der Waals surface area contributed by atoms with E-state index < -0.39 is 12.3 Å². The molecule has 2 fully saturated rings. The molecule has 8 heteroatoms. The predicted molar refractivity (Wildman–Crippen MR) is 178 cm³/mol. The van der Waals surface area contributed by atoms with Gasteiger partial charge in [-0.2, -0.15) is 0 Å². The molecule has 1 aliphatic carbocycles. The van der Waals surface area contributed by atoms with Crippen molar-refractivity contribution in [3.8, 4) is 11.1 Å². The summed E-state index contributed by atoms with van der Waals surface area (Å²) in [6.07, 6.45) is 7.46. The Balaban J connectivity index is 1.31. The molecule has 3 aromatic carbocycles. The zero-order valence-electron chi connectivity index (χ0n) is 26.5. The van der Waals surface area contributed by atoms with Crippen LogP contribution in [0.1, 0.15) is 86.0 Å². The van der Waals surface area contributed by atoms with Crippen LogP contribution in [0.4, 0.5) is 0 Å². The van der Waals surface area contributed by atoms with Crippen LogP contribution in [0.25, 0.3) is 11.1 Å². The molecule has 1 aliphatic heterocycles. The number of aliphatic hydroxyl groups is 1. The largest absolute Gasteiger partial charge is 0.481 e. The number of aliphatic carboxylic acids is 1. The van der Waals surface area contributed by atoms with Crippen LogP contribution in [0, 0.1) is 0 Å². The summed E-state index contributed by atoms with van der Waals surface area (Å²) < 4.78 is 13.3. The number of nitrogens with one attached hydrogen (secondary N) is 1. The lowest BCUT2D eigenvalue weighted by molar-refractivity contribution is -0.253. The molecular weight excluding hydrogens is 580 g/mol. The summed E-state index contributed by atoms with van der Waals surface area (Å²) in [5, 5.41) is 21.3. The molecule has 1 saturated carbocycles. The topological polar surface area (TPSA) is 108 Å². The highest BCUT2D eigenvalue weighted by Crippen LogP contribution is 2.39. The smallest absolute Gasteiger partial charge is 0.303 e. The van der Waals surface area contributed by atoms with E-state index in [4.69, 9.17) is 14.6 Å². The minimum Gasteiger partial charge on any atom is -0.481 e. The highest BCUT2D eigenvalue weighted by molar-refractivity contribution is 5.77. The first-order valence-corrected chi connectivity index (χ1v) is 16.5. The van der Waals surface area contributed by atoms with Crippen molar-refractivity contribution >= 4 is 11.9 Å². The fraction of sp³-hybridized carbons (Fsp3) is 0.421. The molecule has 0 aromatic heterocycles. The molecule has 46 heavy (non-hydrogen) atoms. The first-order valence-electron chi connectivity index (χ1n) is 16.5. The van der Waals surface area contributed by atoms with E-state index in [0.717, 1.165) is 52.9 Å². The van der Waals surface area contributed by atoms with E-state index in [-0.39, 0.29) is 37.6 Å². The average Bonchev–Trinajstić information content (AvgIpc) is 3.62. The van der Waals surface area contributed by atoms with Gasteiger partial charge in [-0.05, 0) is 47.1 Å². The summed E-state index contributed by atoms with van der Waals surface area (Å²) in [7, 11) is 0. The Hall–Kier alpha value is -3.82. The minimum absolute atomic E-state index is 0.00665. The maximum Gasteiger partial charge on any atom is 0.303 e. The lowest BCUT2D eigenvalue weighted by atomic mass is 9.97. The van der Waals surface area contributed by atoms with Crippen LogP contribution in [0.5, 0.6) is 0 Å². The third-order valence-corrected chi connectivity index (χ3v) is 9.04. The SMILES string of the molecule is C=CCN(C[C@H]1C[C@@H](c2ccc(CO)cc2)O[C@@H](c2ccc(-c3ccccc3CNC(=O)CCCC(=O)O)cc2)O1)C1CCCC1. The van der Waals surface area contributed by atoms with Crippen LogP contribution in [0.2, 0.25) is 0 Å². The molecule has 0 radical (unpaired) electrons. The Bertz CT molecular complexity index is 1430. The van der Waals surface area contributed by atoms with Gasteiger partial charge in [0.05, 0.1) is 18.8 Å². The number of aliphatic hydroxyl groups excluding tert-OH is 1. The molecule has 8 nitrogen and oxygen atoms in total. The molecule has 5 rings (SSSR count). The second-order valence-electron chi connectivity index (χ2n) is 12.3. The van der Waals surface area contributed by atoms with Crippen molar-refractivity contribution in [2.45, 2.75) is 89.1 Å². The number of ether oxygens (including phenoxy) is 2. The standard InChI is InChI=1S/C38H46N2O6/c1-2-22-40(32-9-4-5-10-32)25-33-23-35(29-16-14-27(26-41)15-17-29)46-38(45-33)30-20-18-28(19-21-30)34-11-6-3-8-31(34)24-39-36(42)12-7-13-37(43)44/h2-3,6,8,11,14-21,32-33,35,38,41H,1,4-5,7,9-10,12-13,22-26H2,(H,39,42)(H,43,44)/t33-,35+,38+/m1/s1. The number of rotatable bonds is 15. The van der Waals surface area contributed by atoms with E-state index in [2.05, 4.69) is 28.9 Å². The van der Waals surface area contributed by atoms with Gasteiger partial charge in [0.25, 0.3) is 0 Å². The second kappa shape index (κ2) is 16.7. The van der Waals surface area contributed by atoms with E-state index >= 15 is 0 Å². The van der Waals surface area contributed by atoms with Gasteiger partial charge in [0.2, 0.25) is 5.91 Å². The zero-order chi connectivity index (χ0) is 32.3. The Morgan fingerprint density at radius 3 is 2.35 bits per heavy atom. The molecule has 0 unspecified atom stereocenters. The number of carboxylic acid groups (broad SMARTS) is 1. The molecule has 1 amide bonds. The molecule has 1 saturated heterocycles. The van der Waals surface area contributed by atoms with Crippen LogP contribution in [0.15, 0.2) is 85.5 Å². The summed E-state index contributed by atoms with van der Waals surface area (Å²) >= 11 is 0. The first kappa shape index (κ1) is 33.5. The van der Waals surface area contributed by atoms with Crippen LogP contribution in [0.3, 0.4) is 0 Å². The fourth-order valence-electron chi connectivity index (χ4n) is 6.56. The summed E-state index contributed by atoms with van der Waals surface area (Å²) in [5.74, 6) is -1.06. The van der Waals surface area contributed by atoms with Crippen molar-refractivity contribution < 1.29 is 29.3 Å². The normalized spacial score (nSPS) is 20.1. The zero-order valence-corrected chi connectivity index (χ0v) is 26.5. The van der Waals surface area contributed by atoms with Crippen LogP contribution in [-0.4, -0.2) is 52.2 Å². The maximum absolute atomic E-state index is 12.3. The van der Waals surface area contributed by atoms with E-state index in [0.29, 0.717) is 19.0 Å². The Morgan fingerprint density at radius 2 is 1.65 bits per heavy atom. The highest BCUT2D eigenvalue weighted by Gasteiger charge is 2.34. The molecule has 3 N–H and O–H groups in total. The third kappa shape index (κ3) is 9.13. The highest BCUT2D eigenvalue weighted by atomic mass is 16.7. The van der Waals surface area contributed by atoms with Crippen molar-refractivity contribution in [2.75, 3.05) is 13.1 Å². The minimum atomic E-state index is -0.896. The lowest BCUT2D eigenvalue weighted by Crippen LogP contribution is -2.43. The number of amides is 1. The van der Waals surface area contributed by atoms with Crippen molar-refractivity contribution in [1.82, 2.24) is 10.2 Å². The number of hydrogen-bond donors (Lipinski definition) is 3. The molecule has 2 aliphatic rings. The molecule has 244 valence electrons. The van der Waals surface area contributed by atoms with E-state index in [1.807, 2.05) is 66.7 Å². The van der Waals surface area contributed by atoms with Gasteiger partial charge in [0.15, 0.2) is 6.29 Å². The van der Waals surface area contributed by atoms with E-state index in [1.54, 1.807) is 0 Å². The monoisotopic (exact) mass is 626 g/mol. The van der Waals surface area contributed by atoms with Crippen molar-refractivity contribution in [3.05, 3.63) is 108 Å². The Kier molecular flexibility index (Phi) is 12.1. The van der Waals surface area contributed by atoms with Crippen LogP contribution in [-0.2, 0) is 32.2 Å². The molecule has 1 heterocycles. The third-order valence-electron chi connectivity index (χ3n) is 9.04. The van der Waals surface area contributed by atoms with Crippen LogP contribution < -0.4 is 5.32 Å². The van der Waals surface area contributed by atoms with Gasteiger partial charge in [0, 0.05) is 50.5 Å². The number of nitrogens with zero attached hydrogens (tertiary/aromatic N) is 1. The number of hydrogen-bond acceptors (Lipinski definition) is 6. The van der Waals surface area contributed by atoms with Gasteiger partial charge in [-0.15, -0.1) is 6.58 Å². The quantitative estimate of drug-likeness (QED) is 0.161. The van der Waals surface area contributed by atoms with E-state index in [9.17, 15) is 14.7 Å². The number of carbonyl (C=O) groups is 2. The van der Waals surface area contributed by atoms with Gasteiger partial charge in [0.1, 0.15) is 0 Å². The van der Waals surface area contributed by atoms with Crippen LogP contribution >= 0.6 is 0 Å². The number of carboxylic acids is 1. The van der Waals surface area contributed by atoms with E-state index in [1.165, 1.54) is 25.7 Å². The summed E-state index contributed by atoms with van der Waals surface area (Å²) in [4.78, 5) is 25.6. The summed E-state index contributed by atoms with van der Waals surface area (Å²) in [5.41, 5.74) is 5.89. The van der Waals surface area contributed by atoms with Gasteiger partial charge in [-0.3, -0.25) is 14.5 Å². The number of carbonyl (C=O) groups excluding carboxylic acids is 1. The van der Waals surface area contributed by atoms with Crippen molar-refractivity contribution in [3.63, 3.8) is 0 Å². The molecule has 3 atom stereocenters. The Labute approximate surface area is 272 Å². The lowest BCUT2D eigenvalue weighted by Gasteiger charge is -2.39. The predicted octanol–water partition coefficient (Wildman–Crippen LogP) is 6.69. The van der Waals surface area contributed by atoms with Gasteiger partial charge in [-0.25, -0.2) is 0 Å². The maximum atomic E-state index is 12.3. The average molecular weight is 627 g/mol. The van der Waals surface area contributed by atoms with Gasteiger partial charge in [-0.1, -0.05) is 91.7 Å². The molecule has 0 spiro atoms. The molecule has 3 aromatic rings. The second-order valence-corrected chi connectivity index (χ2v) is 12.3. The number of benzene rings is 3. The Morgan fingerprint density at radius 1 is 0.935 bits per heavy atom.